The molecule has 0 N–H and O–H groups in total. The van der Waals surface area contributed by atoms with Crippen molar-refractivity contribution in [1.29, 1.82) is 0 Å². The molecule has 0 aromatic heterocycles. The van der Waals surface area contributed by atoms with E-state index in [0.717, 1.165) is 15.6 Å². The zero-order chi connectivity index (χ0) is 13.1. The van der Waals surface area contributed by atoms with Crippen molar-refractivity contribution in [3.8, 4) is 22.3 Å². The molecule has 0 fully saturated rings. The van der Waals surface area contributed by atoms with E-state index in [2.05, 4.69) is 58.4 Å². The Kier molecular flexibility index (Phi) is 7.67. The largest absolute Gasteiger partial charge is 2.00 e. The van der Waals surface area contributed by atoms with Crippen LogP contribution in [0, 0.1) is 6.07 Å². The average molecular weight is 412 g/mol. The third-order valence-electron chi connectivity index (χ3n) is 3.00. The summed E-state index contributed by atoms with van der Waals surface area (Å²) in [6.45, 7) is 0. The molecular weight excluding hydrogens is 400 g/mol. The molecule has 0 amide bonds. The number of rotatable bonds is 2. The van der Waals surface area contributed by atoms with Gasteiger partial charge in [-0.2, -0.15) is 0 Å². The van der Waals surface area contributed by atoms with Gasteiger partial charge in [0.05, 0.1) is 0 Å². The summed E-state index contributed by atoms with van der Waals surface area (Å²) in [4.78, 5) is 0. The van der Waals surface area contributed by atoms with Gasteiger partial charge in [0, 0.05) is 0 Å². The fraction of sp³-hybridized carbons (Fsp3) is 0. The minimum absolute atomic E-state index is 0. The van der Waals surface area contributed by atoms with Crippen LogP contribution in [0.3, 0.4) is 0 Å². The van der Waals surface area contributed by atoms with Crippen LogP contribution < -0.4 is 17.0 Å². The Balaban J connectivity index is 0.00000110. The minimum Gasteiger partial charge on any atom is -1.00 e. The van der Waals surface area contributed by atoms with Gasteiger partial charge in [-0.15, -0.1) is 29.3 Å². The van der Waals surface area contributed by atoms with Gasteiger partial charge in [0.15, 0.2) is 0 Å². The maximum Gasteiger partial charge on any atom is 2.00 e. The van der Waals surface area contributed by atoms with Crippen molar-refractivity contribution < 1.29 is 17.0 Å². The molecule has 0 saturated carbocycles. The summed E-state index contributed by atoms with van der Waals surface area (Å²) >= 11 is 3.59. The van der Waals surface area contributed by atoms with Gasteiger partial charge >= 0.3 is 23.1 Å². The molecule has 3 heteroatoms. The van der Waals surface area contributed by atoms with Crippen LogP contribution in [0.5, 0.6) is 0 Å². The van der Waals surface area contributed by atoms with Gasteiger partial charge in [-0.3, -0.25) is 0 Å². The zero-order valence-electron chi connectivity index (χ0n) is 11.4. The number of hydrogen-bond donors (Lipinski definition) is 0. The van der Waals surface area contributed by atoms with E-state index in [9.17, 15) is 0 Å². The molecule has 3 rings (SSSR count). The van der Waals surface area contributed by atoms with Gasteiger partial charge in [-0.05, 0) is 4.47 Å². The molecule has 3 aromatic rings. The van der Waals surface area contributed by atoms with Gasteiger partial charge in [0.2, 0.25) is 0 Å². The van der Waals surface area contributed by atoms with Crippen molar-refractivity contribution in [3.63, 3.8) is 0 Å². The van der Waals surface area contributed by atoms with Gasteiger partial charge in [-0.25, -0.2) is 0 Å². The van der Waals surface area contributed by atoms with Crippen molar-refractivity contribution in [1.82, 2.24) is 0 Å². The van der Waals surface area contributed by atoms with Gasteiger partial charge < -0.3 is 17.0 Å². The van der Waals surface area contributed by atoms with E-state index in [-0.39, 0.29) is 40.0 Å². The Morgan fingerprint density at radius 2 is 1.05 bits per heavy atom. The van der Waals surface area contributed by atoms with Crippen LogP contribution in [-0.2, 0) is 0 Å². The molecule has 0 unspecified atom stereocenters. The van der Waals surface area contributed by atoms with Crippen LogP contribution in [0.15, 0.2) is 77.3 Å². The first-order chi connectivity index (χ1) is 9.33. The molecule has 0 spiro atoms. The molecule has 3 aromatic carbocycles. The monoisotopic (exact) mass is 410 g/mol. The number of halogens is 2. The second kappa shape index (κ2) is 8.74. The van der Waals surface area contributed by atoms with E-state index >= 15 is 0 Å². The first kappa shape index (κ1) is 18.4. The molecule has 0 heterocycles. The van der Waals surface area contributed by atoms with Crippen LogP contribution in [0.1, 0.15) is 0 Å². The van der Waals surface area contributed by atoms with E-state index < -0.39 is 0 Å². The van der Waals surface area contributed by atoms with E-state index in [4.69, 9.17) is 0 Å². The Hall–Kier alpha value is -0.614. The maximum atomic E-state index is 3.59. The third-order valence-corrected chi connectivity index (χ3v) is 3.46. The first-order valence-electron chi connectivity index (χ1n) is 6.17. The van der Waals surface area contributed by atoms with Crippen molar-refractivity contribution in [3.05, 3.63) is 83.3 Å². The predicted molar refractivity (Wildman–Crippen MR) is 89.6 cm³/mol. The average Bonchev–Trinajstić information content (AvgIpc) is 2.48. The molecule has 0 saturated heterocycles. The minimum atomic E-state index is 0. The molecule has 0 aliphatic rings. The molecule has 0 atom stereocenters. The van der Waals surface area contributed by atoms with Crippen molar-refractivity contribution in [2.45, 2.75) is 0 Å². The second-order valence-corrected chi connectivity index (χ2v) is 5.27. The standard InChI is InChI=1S/C18H12Br.BrH.Mg/c19-18-12-16(14-7-3-1-4-8-14)11-17(13-18)15-9-5-2-6-10-15;;/h1-10,12-13H;1H;/q-1;;+2/p-1. The third kappa shape index (κ3) is 4.68. The van der Waals surface area contributed by atoms with Crippen LogP contribution in [-0.4, -0.2) is 23.1 Å². The summed E-state index contributed by atoms with van der Waals surface area (Å²) < 4.78 is 1.07. The normalized spacial score (nSPS) is 9.38. The van der Waals surface area contributed by atoms with Crippen LogP contribution >= 0.6 is 15.9 Å². The quantitative estimate of drug-likeness (QED) is 0.447. The van der Waals surface area contributed by atoms with E-state index in [0.29, 0.717) is 0 Å². The van der Waals surface area contributed by atoms with E-state index in [1.165, 1.54) is 11.1 Å². The summed E-state index contributed by atoms with van der Waals surface area (Å²) in [5, 5.41) is 0. The van der Waals surface area contributed by atoms with Crippen LogP contribution in [0.25, 0.3) is 22.3 Å². The molecule has 0 bridgehead atoms. The van der Waals surface area contributed by atoms with Crippen molar-refractivity contribution in [2.24, 2.45) is 0 Å². The Morgan fingerprint density at radius 1 is 0.667 bits per heavy atom. The van der Waals surface area contributed by atoms with E-state index in [1.807, 2.05) is 36.4 Å². The fourth-order valence-corrected chi connectivity index (χ4v) is 2.54. The summed E-state index contributed by atoms with van der Waals surface area (Å²) in [7, 11) is 0. The summed E-state index contributed by atoms with van der Waals surface area (Å²) in [6, 6.07) is 28.3. The summed E-state index contributed by atoms with van der Waals surface area (Å²) in [5.74, 6) is 0. The van der Waals surface area contributed by atoms with Crippen LogP contribution in [0.4, 0.5) is 0 Å². The second-order valence-electron chi connectivity index (χ2n) is 4.36. The van der Waals surface area contributed by atoms with E-state index in [1.54, 1.807) is 0 Å². The van der Waals surface area contributed by atoms with Gasteiger partial charge in [0.25, 0.3) is 0 Å². The SMILES string of the molecule is Brc1cc(-c2ccccc2)[c-]c(-c2ccccc2)c1.[Br-].[Mg+2]. The number of hydrogen-bond acceptors (Lipinski definition) is 0. The Bertz CT molecular complexity index is 624. The van der Waals surface area contributed by atoms with Gasteiger partial charge in [0.1, 0.15) is 0 Å². The summed E-state index contributed by atoms with van der Waals surface area (Å²) in [5.41, 5.74) is 4.57. The first-order valence-corrected chi connectivity index (χ1v) is 6.96. The molecule has 0 aliphatic carbocycles. The van der Waals surface area contributed by atoms with Gasteiger partial charge in [-0.1, -0.05) is 87.7 Å². The molecule has 100 valence electrons. The molecular formula is C18H12Br2Mg. The maximum absolute atomic E-state index is 3.59. The molecule has 0 radical (unpaired) electrons. The van der Waals surface area contributed by atoms with Crippen molar-refractivity contribution in [2.75, 3.05) is 0 Å². The molecule has 21 heavy (non-hydrogen) atoms. The topological polar surface area (TPSA) is 0 Å². The smallest absolute Gasteiger partial charge is 1.00 e. The summed E-state index contributed by atoms with van der Waals surface area (Å²) in [6.07, 6.45) is 0. The Morgan fingerprint density at radius 3 is 1.43 bits per heavy atom. The predicted octanol–water partition coefficient (Wildman–Crippen LogP) is 2.21. The van der Waals surface area contributed by atoms with Crippen molar-refractivity contribution >= 4 is 39.0 Å². The van der Waals surface area contributed by atoms with Crippen LogP contribution in [0.2, 0.25) is 0 Å². The fourth-order valence-electron chi connectivity index (χ4n) is 2.08. The Labute approximate surface area is 160 Å². The molecule has 0 nitrogen and oxygen atoms in total. The molecule has 0 aliphatic heterocycles. The number of benzene rings is 3. The zero-order valence-corrected chi connectivity index (χ0v) is 16.0.